The van der Waals surface area contributed by atoms with Crippen LogP contribution < -0.4 is 10.0 Å². The zero-order valence-electron chi connectivity index (χ0n) is 14.9. The fraction of sp³-hybridized carbons (Fsp3) is 0.529. The minimum Gasteiger partial charge on any atom is -0.336 e. The highest BCUT2D eigenvalue weighted by atomic mass is 32.2. The van der Waals surface area contributed by atoms with Crippen LogP contribution in [-0.2, 0) is 14.8 Å². The number of urea groups is 1. The van der Waals surface area contributed by atoms with E-state index in [9.17, 15) is 18.0 Å². The zero-order valence-corrected chi connectivity index (χ0v) is 15.8. The highest BCUT2D eigenvalue weighted by molar-refractivity contribution is 7.89. The molecule has 1 aromatic carbocycles. The van der Waals surface area contributed by atoms with Gasteiger partial charge in [-0.15, -0.1) is 0 Å². The number of piperazine rings is 1. The Morgan fingerprint density at radius 2 is 1.88 bits per heavy atom. The Balaban J connectivity index is 1.61. The van der Waals surface area contributed by atoms with Gasteiger partial charge in [-0.3, -0.25) is 4.79 Å². The third kappa shape index (κ3) is 3.99. The van der Waals surface area contributed by atoms with Crippen LogP contribution in [0, 0.1) is 0 Å². The van der Waals surface area contributed by atoms with Crippen LogP contribution >= 0.6 is 0 Å². The minimum atomic E-state index is -3.55. The molecule has 1 unspecified atom stereocenters. The summed E-state index contributed by atoms with van der Waals surface area (Å²) in [6.07, 6.45) is 1.35. The molecule has 2 aliphatic rings. The van der Waals surface area contributed by atoms with Gasteiger partial charge in [0.1, 0.15) is 0 Å². The highest BCUT2D eigenvalue weighted by Crippen LogP contribution is 2.23. The molecular formula is C17H24N4O4S. The lowest BCUT2D eigenvalue weighted by Gasteiger charge is -2.37. The summed E-state index contributed by atoms with van der Waals surface area (Å²) >= 11 is 0. The van der Waals surface area contributed by atoms with E-state index < -0.39 is 10.0 Å². The molecule has 3 rings (SSSR count). The first-order valence-electron chi connectivity index (χ1n) is 8.74. The molecule has 0 spiro atoms. The van der Waals surface area contributed by atoms with Crippen LogP contribution in [0.3, 0.4) is 0 Å². The zero-order chi connectivity index (χ0) is 18.9. The van der Waals surface area contributed by atoms with E-state index in [4.69, 9.17) is 0 Å². The lowest BCUT2D eigenvalue weighted by atomic mass is 10.1. The Morgan fingerprint density at radius 3 is 2.54 bits per heavy atom. The summed E-state index contributed by atoms with van der Waals surface area (Å²) < 4.78 is 26.8. The van der Waals surface area contributed by atoms with E-state index in [-0.39, 0.29) is 28.9 Å². The molecule has 1 aromatic rings. The molecule has 3 amide bonds. The van der Waals surface area contributed by atoms with Crippen LogP contribution in [0.2, 0.25) is 0 Å². The topological polar surface area (TPSA) is 98.8 Å². The fourth-order valence-electron chi connectivity index (χ4n) is 3.35. The Bertz CT molecular complexity index is 791. The molecule has 2 aliphatic heterocycles. The molecule has 9 heteroatoms. The fourth-order valence-corrected chi connectivity index (χ4v) is 4.60. The van der Waals surface area contributed by atoms with Crippen molar-refractivity contribution in [3.63, 3.8) is 0 Å². The monoisotopic (exact) mass is 380 g/mol. The van der Waals surface area contributed by atoms with Crippen molar-refractivity contribution < 1.29 is 18.0 Å². The first-order chi connectivity index (χ1) is 12.3. The van der Waals surface area contributed by atoms with Gasteiger partial charge in [0.25, 0.3) is 0 Å². The molecule has 2 fully saturated rings. The lowest BCUT2D eigenvalue weighted by molar-refractivity contribution is -0.130. The average Bonchev–Trinajstić information content (AvgIpc) is 2.95. The number of carbonyl (C=O) groups excluding carboxylic acids is 2. The van der Waals surface area contributed by atoms with E-state index in [1.807, 2.05) is 4.90 Å². The third-order valence-electron chi connectivity index (χ3n) is 4.59. The number of anilines is 1. The van der Waals surface area contributed by atoms with E-state index in [0.29, 0.717) is 31.7 Å². The molecule has 2 heterocycles. The maximum Gasteiger partial charge on any atom is 0.321 e. The summed E-state index contributed by atoms with van der Waals surface area (Å²) in [5.74, 6) is 0.168. The van der Waals surface area contributed by atoms with Gasteiger partial charge in [0, 0.05) is 43.8 Å². The number of rotatable bonds is 4. The number of benzene rings is 1. The Kier molecular flexibility index (Phi) is 5.19. The molecule has 0 radical (unpaired) electrons. The summed E-state index contributed by atoms with van der Waals surface area (Å²) in [5.41, 5.74) is 0.531. The van der Waals surface area contributed by atoms with Crippen molar-refractivity contribution >= 4 is 27.6 Å². The molecule has 2 N–H and O–H groups in total. The van der Waals surface area contributed by atoms with Crippen molar-refractivity contribution in [1.29, 1.82) is 0 Å². The number of hydrogen-bond acceptors (Lipinski definition) is 4. The second kappa shape index (κ2) is 7.24. The molecule has 0 saturated carbocycles. The smallest absolute Gasteiger partial charge is 0.321 e. The predicted octanol–water partition coefficient (Wildman–Crippen LogP) is 1.21. The number of fused-ring (bicyclic) bond motifs is 1. The molecule has 0 aliphatic carbocycles. The van der Waals surface area contributed by atoms with Crippen LogP contribution in [0.4, 0.5) is 10.5 Å². The molecule has 0 bridgehead atoms. The standard InChI is InChI=1S/C17H24N4O4S/c1-12(2)19-26(24,25)15-6-3-13(4-7-15)18-17(23)20-9-10-21-14(11-20)5-8-16(21)22/h3-4,6-7,12,14,19H,5,8-11H2,1-2H3,(H,18,23). The maximum atomic E-state index is 12.4. The van der Waals surface area contributed by atoms with Gasteiger partial charge >= 0.3 is 6.03 Å². The number of hydrogen-bond donors (Lipinski definition) is 2. The number of amides is 3. The summed E-state index contributed by atoms with van der Waals surface area (Å²) in [4.78, 5) is 27.9. The van der Waals surface area contributed by atoms with Crippen LogP contribution in [-0.4, -0.2) is 61.9 Å². The summed E-state index contributed by atoms with van der Waals surface area (Å²) in [6.45, 7) is 5.10. The minimum absolute atomic E-state index is 0.108. The van der Waals surface area contributed by atoms with Gasteiger partial charge in [0.15, 0.2) is 0 Å². The van der Waals surface area contributed by atoms with E-state index in [1.165, 1.54) is 12.1 Å². The number of carbonyl (C=O) groups is 2. The van der Waals surface area contributed by atoms with E-state index >= 15 is 0 Å². The maximum absolute atomic E-state index is 12.4. The van der Waals surface area contributed by atoms with Gasteiger partial charge in [-0.05, 0) is 44.5 Å². The van der Waals surface area contributed by atoms with Crippen molar-refractivity contribution in [3.8, 4) is 0 Å². The van der Waals surface area contributed by atoms with Gasteiger partial charge < -0.3 is 15.1 Å². The van der Waals surface area contributed by atoms with Gasteiger partial charge in [-0.1, -0.05) is 0 Å². The van der Waals surface area contributed by atoms with E-state index in [1.54, 1.807) is 30.9 Å². The Labute approximate surface area is 153 Å². The van der Waals surface area contributed by atoms with E-state index in [2.05, 4.69) is 10.0 Å². The van der Waals surface area contributed by atoms with Crippen molar-refractivity contribution in [2.24, 2.45) is 0 Å². The largest absolute Gasteiger partial charge is 0.336 e. The van der Waals surface area contributed by atoms with Crippen molar-refractivity contribution in [2.45, 2.75) is 43.7 Å². The molecule has 26 heavy (non-hydrogen) atoms. The Hall–Kier alpha value is -2.13. The van der Waals surface area contributed by atoms with Gasteiger partial charge in [-0.2, -0.15) is 0 Å². The molecule has 8 nitrogen and oxygen atoms in total. The van der Waals surface area contributed by atoms with Crippen LogP contribution in [0.25, 0.3) is 0 Å². The molecular weight excluding hydrogens is 356 g/mol. The first kappa shape index (κ1) is 18.7. The van der Waals surface area contributed by atoms with Gasteiger partial charge in [0.05, 0.1) is 4.90 Å². The Morgan fingerprint density at radius 1 is 1.19 bits per heavy atom. The van der Waals surface area contributed by atoms with Crippen molar-refractivity contribution in [1.82, 2.24) is 14.5 Å². The van der Waals surface area contributed by atoms with E-state index in [0.717, 1.165) is 6.42 Å². The first-order valence-corrected chi connectivity index (χ1v) is 10.2. The second-order valence-corrected chi connectivity index (χ2v) is 8.67. The predicted molar refractivity (Wildman–Crippen MR) is 97.2 cm³/mol. The SMILES string of the molecule is CC(C)NS(=O)(=O)c1ccc(NC(=O)N2CCN3C(=O)CCC3C2)cc1. The van der Waals surface area contributed by atoms with Gasteiger partial charge in [-0.25, -0.2) is 17.9 Å². The third-order valence-corrected chi connectivity index (χ3v) is 6.26. The van der Waals surface area contributed by atoms with Crippen molar-refractivity contribution in [2.75, 3.05) is 25.0 Å². The normalized spacial score (nSPS) is 20.4. The highest BCUT2D eigenvalue weighted by Gasteiger charge is 2.36. The van der Waals surface area contributed by atoms with Crippen molar-refractivity contribution in [3.05, 3.63) is 24.3 Å². The number of nitrogens with zero attached hydrogens (tertiary/aromatic N) is 2. The number of nitrogens with one attached hydrogen (secondary N) is 2. The van der Waals surface area contributed by atoms with Gasteiger partial charge in [0.2, 0.25) is 15.9 Å². The average molecular weight is 380 g/mol. The van der Waals surface area contributed by atoms with Crippen LogP contribution in [0.15, 0.2) is 29.2 Å². The molecule has 1 atom stereocenters. The molecule has 0 aromatic heterocycles. The molecule has 142 valence electrons. The number of sulfonamides is 1. The lowest BCUT2D eigenvalue weighted by Crippen LogP contribution is -2.54. The van der Waals surface area contributed by atoms with Crippen LogP contribution in [0.1, 0.15) is 26.7 Å². The summed E-state index contributed by atoms with van der Waals surface area (Å²) in [7, 11) is -3.55. The summed E-state index contributed by atoms with van der Waals surface area (Å²) in [5, 5.41) is 2.79. The quantitative estimate of drug-likeness (QED) is 0.820. The van der Waals surface area contributed by atoms with Crippen LogP contribution in [0.5, 0.6) is 0 Å². The second-order valence-electron chi connectivity index (χ2n) is 6.96. The molecule has 2 saturated heterocycles. The summed E-state index contributed by atoms with van der Waals surface area (Å²) in [6, 6.07) is 5.75.